The highest BCUT2D eigenvalue weighted by atomic mass is 16.6. The number of amides is 2. The molecule has 6 rings (SSSR count). The van der Waals surface area contributed by atoms with E-state index in [0.29, 0.717) is 47.7 Å². The van der Waals surface area contributed by atoms with Crippen LogP contribution in [0, 0.1) is 5.92 Å². The minimum absolute atomic E-state index is 0.0392. The predicted octanol–water partition coefficient (Wildman–Crippen LogP) is 6.23. The molecule has 2 aliphatic heterocycles. The van der Waals surface area contributed by atoms with Crippen LogP contribution in [0.5, 0.6) is 0 Å². The number of ether oxygens (including phenoxy) is 4. The first kappa shape index (κ1) is 35.9. The Labute approximate surface area is 295 Å². The topological polar surface area (TPSA) is 159 Å². The number of carbonyl (C=O) groups excluding carboxylic acids is 6. The van der Waals surface area contributed by atoms with E-state index in [-0.39, 0.29) is 23.1 Å². The number of Topliss-reactive ketones (excluding diaryl/α,β-unsaturated/α-hetero) is 2. The third kappa shape index (κ3) is 7.72. The Balaban J connectivity index is 1.07. The van der Waals surface area contributed by atoms with Crippen molar-refractivity contribution in [1.29, 1.82) is 0 Å². The molecule has 1 aromatic heterocycles. The van der Waals surface area contributed by atoms with Gasteiger partial charge < -0.3 is 23.4 Å². The van der Waals surface area contributed by atoms with E-state index in [1.807, 2.05) is 0 Å². The number of likely N-dealkylation sites (tertiary alicyclic amines) is 2. The summed E-state index contributed by atoms with van der Waals surface area (Å²) in [7, 11) is 0. The number of rotatable bonds is 8. The summed E-state index contributed by atoms with van der Waals surface area (Å²) in [6.45, 7) is 9.87. The summed E-state index contributed by atoms with van der Waals surface area (Å²) >= 11 is 0. The molecule has 13 heteroatoms. The van der Waals surface area contributed by atoms with Crippen LogP contribution in [0.15, 0.2) is 40.8 Å². The van der Waals surface area contributed by atoms with Gasteiger partial charge in [-0.2, -0.15) is 0 Å². The van der Waals surface area contributed by atoms with E-state index in [1.54, 1.807) is 77.9 Å². The van der Waals surface area contributed by atoms with Crippen molar-refractivity contribution >= 4 is 57.6 Å². The number of nitrogens with zero attached hydrogens (tertiary/aromatic N) is 2. The van der Waals surface area contributed by atoms with Crippen LogP contribution in [0.3, 0.4) is 0 Å². The third-order valence-corrected chi connectivity index (χ3v) is 9.39. The predicted molar refractivity (Wildman–Crippen MR) is 183 cm³/mol. The summed E-state index contributed by atoms with van der Waals surface area (Å²) in [6.07, 6.45) is 2.17. The van der Waals surface area contributed by atoms with E-state index >= 15 is 0 Å². The molecule has 0 N–H and O–H groups in total. The Kier molecular flexibility index (Phi) is 9.60. The number of carbonyl (C=O) groups is 6. The number of piperidine rings is 1. The zero-order chi connectivity index (χ0) is 36.8. The van der Waals surface area contributed by atoms with Crippen molar-refractivity contribution in [3.63, 3.8) is 0 Å². The molecule has 3 fully saturated rings. The fourth-order valence-corrected chi connectivity index (χ4v) is 7.16. The van der Waals surface area contributed by atoms with E-state index in [9.17, 15) is 28.8 Å². The average Bonchev–Trinajstić information content (AvgIpc) is 3.86. The fraction of sp³-hybridized carbons (Fsp3) is 0.526. The zero-order valence-electron chi connectivity index (χ0n) is 29.8. The molecule has 2 saturated heterocycles. The Morgan fingerprint density at radius 2 is 1.27 bits per heavy atom. The van der Waals surface area contributed by atoms with E-state index in [0.717, 1.165) is 12.8 Å². The van der Waals surface area contributed by atoms with Crippen LogP contribution in [-0.2, 0) is 28.5 Å². The normalized spacial score (nSPS) is 21.6. The molecular weight excluding hydrogens is 660 g/mol. The van der Waals surface area contributed by atoms with Gasteiger partial charge in [-0.25, -0.2) is 19.2 Å². The van der Waals surface area contributed by atoms with Gasteiger partial charge in [0.25, 0.3) is 0 Å². The van der Waals surface area contributed by atoms with Crippen molar-refractivity contribution in [3.05, 3.63) is 47.5 Å². The molecule has 0 unspecified atom stereocenters. The average molecular weight is 705 g/mol. The summed E-state index contributed by atoms with van der Waals surface area (Å²) in [6, 6.07) is 8.04. The number of hydrogen-bond acceptors (Lipinski definition) is 11. The lowest BCUT2D eigenvalue weighted by atomic mass is 9.99. The van der Waals surface area contributed by atoms with Crippen molar-refractivity contribution in [3.8, 4) is 0 Å². The molecule has 2 amide bonds. The first-order valence-corrected chi connectivity index (χ1v) is 17.4. The van der Waals surface area contributed by atoms with Crippen LogP contribution >= 0.6 is 0 Å². The van der Waals surface area contributed by atoms with Crippen molar-refractivity contribution < 1.29 is 52.1 Å². The van der Waals surface area contributed by atoms with E-state index in [4.69, 9.17) is 23.4 Å². The summed E-state index contributed by atoms with van der Waals surface area (Å²) in [5.74, 6) is -2.23. The van der Waals surface area contributed by atoms with Gasteiger partial charge >= 0.3 is 24.1 Å². The minimum Gasteiger partial charge on any atom is -0.456 e. The Morgan fingerprint density at radius 1 is 0.725 bits per heavy atom. The van der Waals surface area contributed by atoms with Gasteiger partial charge in [0.2, 0.25) is 0 Å². The Hall–Kier alpha value is -4.94. The highest BCUT2D eigenvalue weighted by molar-refractivity contribution is 6.10. The Morgan fingerprint density at radius 3 is 1.84 bits per heavy atom. The minimum atomic E-state index is -0.823. The molecule has 3 aliphatic rings. The molecule has 2 aromatic carbocycles. The van der Waals surface area contributed by atoms with Gasteiger partial charge in [-0.05, 0) is 104 Å². The molecule has 3 aromatic rings. The Bertz CT molecular complexity index is 1900. The van der Waals surface area contributed by atoms with E-state index in [2.05, 4.69) is 0 Å². The van der Waals surface area contributed by atoms with Gasteiger partial charge in [-0.1, -0.05) is 12.1 Å². The second-order valence-corrected chi connectivity index (χ2v) is 15.5. The first-order valence-electron chi connectivity index (χ1n) is 17.4. The van der Waals surface area contributed by atoms with Crippen molar-refractivity contribution in [2.75, 3.05) is 19.8 Å². The van der Waals surface area contributed by atoms with E-state index < -0.39 is 72.2 Å². The largest absolute Gasteiger partial charge is 0.456 e. The molecule has 51 heavy (non-hydrogen) atoms. The molecule has 1 saturated carbocycles. The van der Waals surface area contributed by atoms with Crippen LogP contribution in [-0.4, -0.2) is 94.6 Å². The number of fused-ring (bicyclic) bond motifs is 5. The summed E-state index contributed by atoms with van der Waals surface area (Å²) in [5.41, 5.74) is -0.118. The van der Waals surface area contributed by atoms with Gasteiger partial charge in [0.1, 0.15) is 34.5 Å². The molecule has 3 heterocycles. The smallest absolute Gasteiger partial charge is 0.411 e. The number of benzene rings is 2. The number of hydrogen-bond donors (Lipinski definition) is 0. The standard InChI is InChI=1S/C38H44N2O11/c1-37(2,3)50-35(45)39-15-7-8-27(39)33(43)47-19-28(41)21-10-13-25-26-14-11-22(18-31(26)49-30(25)17-21)29(42)20-48-34(44)32-23-9-12-24(16-23)40(32)36(46)51-38(4,5)6/h10-11,13-14,17-18,23-24,27,32H,7-9,12,15-16,19-20H2,1-6H3/t23-,24+,27-,32+/m0/s1. The molecule has 272 valence electrons. The monoisotopic (exact) mass is 704 g/mol. The van der Waals surface area contributed by atoms with Crippen molar-refractivity contribution in [2.45, 2.75) is 103 Å². The van der Waals surface area contributed by atoms with Crippen LogP contribution in [0.1, 0.15) is 94.4 Å². The summed E-state index contributed by atoms with van der Waals surface area (Å²) < 4.78 is 27.7. The highest BCUT2D eigenvalue weighted by Gasteiger charge is 2.53. The van der Waals surface area contributed by atoms with Crippen molar-refractivity contribution in [1.82, 2.24) is 9.80 Å². The molecule has 4 atom stereocenters. The maximum atomic E-state index is 13.2. The molecule has 2 bridgehead atoms. The van der Waals surface area contributed by atoms with Crippen LogP contribution in [0.25, 0.3) is 21.9 Å². The lowest BCUT2D eigenvalue weighted by Gasteiger charge is -2.35. The quantitative estimate of drug-likeness (QED) is 0.149. The van der Waals surface area contributed by atoms with E-state index in [1.165, 1.54) is 9.80 Å². The molecule has 1 aliphatic carbocycles. The fourth-order valence-electron chi connectivity index (χ4n) is 7.16. The van der Waals surface area contributed by atoms with Gasteiger partial charge in [0, 0.05) is 34.5 Å². The summed E-state index contributed by atoms with van der Waals surface area (Å²) in [4.78, 5) is 80.4. The van der Waals surface area contributed by atoms with Gasteiger partial charge in [-0.15, -0.1) is 0 Å². The number of ketones is 2. The van der Waals surface area contributed by atoms with Crippen LogP contribution in [0.2, 0.25) is 0 Å². The van der Waals surface area contributed by atoms with Gasteiger partial charge in [0.15, 0.2) is 24.8 Å². The lowest BCUT2D eigenvalue weighted by Crippen LogP contribution is -2.51. The van der Waals surface area contributed by atoms with Crippen molar-refractivity contribution in [2.24, 2.45) is 5.92 Å². The first-order chi connectivity index (χ1) is 24.0. The second-order valence-electron chi connectivity index (χ2n) is 15.5. The third-order valence-electron chi connectivity index (χ3n) is 9.39. The molecule has 13 nitrogen and oxygen atoms in total. The zero-order valence-corrected chi connectivity index (χ0v) is 29.8. The number of esters is 2. The maximum absolute atomic E-state index is 13.2. The summed E-state index contributed by atoms with van der Waals surface area (Å²) in [5, 5.41) is 1.42. The van der Waals surface area contributed by atoms with Crippen LogP contribution < -0.4 is 0 Å². The van der Waals surface area contributed by atoms with Crippen LogP contribution in [0.4, 0.5) is 9.59 Å². The highest BCUT2D eigenvalue weighted by Crippen LogP contribution is 2.43. The molecular formula is C38H44N2O11. The maximum Gasteiger partial charge on any atom is 0.411 e. The lowest BCUT2D eigenvalue weighted by molar-refractivity contribution is -0.150. The molecule has 0 radical (unpaired) electrons. The van der Waals surface area contributed by atoms with Gasteiger partial charge in [-0.3, -0.25) is 19.4 Å². The number of furan rings is 1. The molecule has 0 spiro atoms. The van der Waals surface area contributed by atoms with Gasteiger partial charge in [0.05, 0.1) is 0 Å². The SMILES string of the molecule is CC(C)(C)OC(=O)N1CCC[C@H]1C(=O)OCC(=O)c1ccc2c(c1)oc1cc(C(=O)COC(=O)[C@H]3[C@H]4CC[C@H](C4)N3C(=O)OC(C)(C)C)ccc12. The second kappa shape index (κ2) is 13.6.